The van der Waals surface area contributed by atoms with Crippen LogP contribution in [0.2, 0.25) is 0 Å². The Balaban J connectivity index is 2.17. The highest BCUT2D eigenvalue weighted by Gasteiger charge is 2.27. The lowest BCUT2D eigenvalue weighted by Crippen LogP contribution is -2.49. The third-order valence-corrected chi connectivity index (χ3v) is 6.63. The van der Waals surface area contributed by atoms with E-state index < -0.39 is 16.1 Å². The zero-order valence-corrected chi connectivity index (χ0v) is 21.9. The van der Waals surface area contributed by atoms with Crippen molar-refractivity contribution < 1.29 is 18.0 Å². The summed E-state index contributed by atoms with van der Waals surface area (Å²) in [5.74, 6) is -0.406. The third kappa shape index (κ3) is 8.17. The lowest BCUT2D eigenvalue weighted by Gasteiger charge is -2.30. The summed E-state index contributed by atoms with van der Waals surface area (Å²) < 4.78 is 26.3. The van der Waals surface area contributed by atoms with Gasteiger partial charge < -0.3 is 10.2 Å². The van der Waals surface area contributed by atoms with Crippen molar-refractivity contribution in [3.63, 3.8) is 0 Å². The molecule has 2 aromatic carbocycles. The number of amides is 2. The van der Waals surface area contributed by atoms with Crippen molar-refractivity contribution >= 4 is 27.5 Å². The van der Waals surface area contributed by atoms with Gasteiger partial charge in [-0.1, -0.05) is 36.4 Å². The van der Waals surface area contributed by atoms with E-state index in [2.05, 4.69) is 5.32 Å². The summed E-state index contributed by atoms with van der Waals surface area (Å²) in [6, 6.07) is 14.5. The van der Waals surface area contributed by atoms with Gasteiger partial charge in [0.05, 0.1) is 11.9 Å². The highest BCUT2D eigenvalue weighted by molar-refractivity contribution is 7.92. The van der Waals surface area contributed by atoms with Gasteiger partial charge in [-0.15, -0.1) is 0 Å². The number of nitrogens with one attached hydrogen (secondary N) is 1. The van der Waals surface area contributed by atoms with Crippen LogP contribution in [0.25, 0.3) is 0 Å². The molecule has 7 nitrogen and oxygen atoms in total. The SMILES string of the molecule is Cc1cc(C)cc(N(CCCC(=O)N(Cc2ccccc2)[C@@H](C)C(=O)NC(C)C)S(C)(=O)=O)c1. The molecular formula is C26H37N3O4S. The summed E-state index contributed by atoms with van der Waals surface area (Å²) >= 11 is 0. The number of carbonyl (C=O) groups excluding carboxylic acids is 2. The molecule has 2 rings (SSSR count). The normalized spacial score (nSPS) is 12.3. The van der Waals surface area contributed by atoms with Crippen LogP contribution in [0.5, 0.6) is 0 Å². The maximum Gasteiger partial charge on any atom is 0.242 e. The topological polar surface area (TPSA) is 86.8 Å². The zero-order valence-electron chi connectivity index (χ0n) is 21.0. The number of rotatable bonds is 11. The second-order valence-electron chi connectivity index (χ2n) is 9.13. The largest absolute Gasteiger partial charge is 0.352 e. The van der Waals surface area contributed by atoms with Crippen molar-refractivity contribution in [3.8, 4) is 0 Å². The van der Waals surface area contributed by atoms with Crippen LogP contribution in [0.15, 0.2) is 48.5 Å². The third-order valence-electron chi connectivity index (χ3n) is 5.44. The second-order valence-corrected chi connectivity index (χ2v) is 11.0. The second kappa shape index (κ2) is 12.0. The molecule has 0 spiro atoms. The maximum atomic E-state index is 13.2. The maximum absolute atomic E-state index is 13.2. The highest BCUT2D eigenvalue weighted by Crippen LogP contribution is 2.22. The van der Waals surface area contributed by atoms with Gasteiger partial charge in [-0.05, 0) is 69.9 Å². The number of hydrogen-bond donors (Lipinski definition) is 1. The predicted molar refractivity (Wildman–Crippen MR) is 137 cm³/mol. The first-order valence-corrected chi connectivity index (χ1v) is 13.4. The number of benzene rings is 2. The van der Waals surface area contributed by atoms with E-state index in [1.54, 1.807) is 11.8 Å². The summed E-state index contributed by atoms with van der Waals surface area (Å²) in [6.45, 7) is 9.80. The van der Waals surface area contributed by atoms with Crippen LogP contribution in [-0.2, 0) is 26.2 Å². The molecule has 1 atom stereocenters. The Bertz CT molecular complexity index is 1060. The summed E-state index contributed by atoms with van der Waals surface area (Å²) in [5.41, 5.74) is 3.46. The van der Waals surface area contributed by atoms with Crippen LogP contribution in [0.4, 0.5) is 5.69 Å². The molecule has 0 bridgehead atoms. The van der Waals surface area contributed by atoms with E-state index in [-0.39, 0.29) is 30.8 Å². The predicted octanol–water partition coefficient (Wildman–Crippen LogP) is 3.79. The van der Waals surface area contributed by atoms with Crippen LogP contribution in [0.3, 0.4) is 0 Å². The van der Waals surface area contributed by atoms with Crippen molar-refractivity contribution in [1.29, 1.82) is 0 Å². The fourth-order valence-corrected chi connectivity index (χ4v) is 4.82. The van der Waals surface area contributed by atoms with Gasteiger partial charge in [0.15, 0.2) is 0 Å². The van der Waals surface area contributed by atoms with Crippen LogP contribution in [-0.4, -0.2) is 50.0 Å². The van der Waals surface area contributed by atoms with Gasteiger partial charge in [0.2, 0.25) is 21.8 Å². The van der Waals surface area contributed by atoms with Crippen molar-refractivity contribution in [1.82, 2.24) is 10.2 Å². The van der Waals surface area contributed by atoms with E-state index in [1.807, 2.05) is 76.2 Å². The first-order valence-electron chi connectivity index (χ1n) is 11.6. The minimum atomic E-state index is -3.52. The molecular weight excluding hydrogens is 450 g/mol. The molecule has 0 saturated heterocycles. The molecule has 0 aromatic heterocycles. The highest BCUT2D eigenvalue weighted by atomic mass is 32.2. The quantitative estimate of drug-likeness (QED) is 0.522. The van der Waals surface area contributed by atoms with E-state index in [1.165, 1.54) is 10.6 Å². The fourth-order valence-electron chi connectivity index (χ4n) is 3.87. The molecule has 1 N–H and O–H groups in total. The Morgan fingerprint density at radius 2 is 1.56 bits per heavy atom. The van der Waals surface area contributed by atoms with Crippen molar-refractivity contribution in [3.05, 3.63) is 65.2 Å². The molecule has 0 aliphatic carbocycles. The lowest BCUT2D eigenvalue weighted by molar-refractivity contribution is -0.140. The first kappa shape index (κ1) is 27.4. The number of carbonyl (C=O) groups is 2. The molecule has 34 heavy (non-hydrogen) atoms. The van der Waals surface area contributed by atoms with Crippen molar-refractivity contribution in [2.24, 2.45) is 0 Å². The molecule has 0 aliphatic heterocycles. The monoisotopic (exact) mass is 487 g/mol. The Morgan fingerprint density at radius 3 is 2.09 bits per heavy atom. The summed E-state index contributed by atoms with van der Waals surface area (Å²) in [6.07, 6.45) is 1.64. The van der Waals surface area contributed by atoms with Gasteiger partial charge in [0.1, 0.15) is 6.04 Å². The van der Waals surface area contributed by atoms with Gasteiger partial charge in [0, 0.05) is 25.6 Å². The van der Waals surface area contributed by atoms with Crippen LogP contribution in [0, 0.1) is 13.8 Å². The minimum absolute atomic E-state index is 0.0373. The first-order chi connectivity index (χ1) is 15.9. The number of aryl methyl sites for hydroxylation is 2. The van der Waals surface area contributed by atoms with Crippen LogP contribution >= 0.6 is 0 Å². The lowest BCUT2D eigenvalue weighted by atomic mass is 10.1. The number of sulfonamides is 1. The van der Waals surface area contributed by atoms with E-state index in [9.17, 15) is 18.0 Å². The average molecular weight is 488 g/mol. The number of hydrogen-bond acceptors (Lipinski definition) is 4. The molecule has 186 valence electrons. The fraction of sp³-hybridized carbons (Fsp3) is 0.462. The molecule has 0 heterocycles. The van der Waals surface area contributed by atoms with Crippen LogP contribution in [0.1, 0.15) is 50.3 Å². The zero-order chi connectivity index (χ0) is 25.5. The van der Waals surface area contributed by atoms with Gasteiger partial charge in [-0.2, -0.15) is 0 Å². The van der Waals surface area contributed by atoms with E-state index in [0.717, 1.165) is 16.7 Å². The summed E-state index contributed by atoms with van der Waals surface area (Å²) in [7, 11) is -3.52. The summed E-state index contributed by atoms with van der Waals surface area (Å²) in [4.78, 5) is 27.5. The molecule has 2 aromatic rings. The van der Waals surface area contributed by atoms with Crippen molar-refractivity contribution in [2.45, 2.75) is 66.1 Å². The van der Waals surface area contributed by atoms with Gasteiger partial charge in [-0.25, -0.2) is 8.42 Å². The van der Waals surface area contributed by atoms with Gasteiger partial charge >= 0.3 is 0 Å². The van der Waals surface area contributed by atoms with E-state index in [4.69, 9.17) is 0 Å². The molecule has 0 radical (unpaired) electrons. The summed E-state index contributed by atoms with van der Waals surface area (Å²) in [5, 5.41) is 2.87. The smallest absolute Gasteiger partial charge is 0.242 e. The molecule has 8 heteroatoms. The van der Waals surface area contributed by atoms with Crippen LogP contribution < -0.4 is 9.62 Å². The Morgan fingerprint density at radius 1 is 0.971 bits per heavy atom. The Kier molecular flexibility index (Phi) is 9.67. The molecule has 0 aliphatic rings. The Hall–Kier alpha value is -2.87. The molecule has 0 unspecified atom stereocenters. The van der Waals surface area contributed by atoms with E-state index >= 15 is 0 Å². The average Bonchev–Trinajstić information content (AvgIpc) is 2.73. The van der Waals surface area contributed by atoms with Gasteiger partial charge in [0.25, 0.3) is 0 Å². The minimum Gasteiger partial charge on any atom is -0.352 e. The number of nitrogens with zero attached hydrogens (tertiary/aromatic N) is 2. The van der Waals surface area contributed by atoms with Crippen molar-refractivity contribution in [2.75, 3.05) is 17.1 Å². The Labute approximate surface area is 204 Å². The molecule has 2 amide bonds. The van der Waals surface area contributed by atoms with E-state index in [0.29, 0.717) is 18.7 Å². The molecule has 0 fully saturated rings. The van der Waals surface area contributed by atoms with Gasteiger partial charge in [-0.3, -0.25) is 13.9 Å². The standard InChI is InChI=1S/C26H37N3O4S/c1-19(2)27-26(31)22(5)28(18-23-11-8-7-9-12-23)25(30)13-10-14-29(34(6,32)33)24-16-20(3)15-21(4)17-24/h7-9,11-12,15-17,19,22H,10,13-14,18H2,1-6H3,(H,27,31)/t22-/m0/s1. The number of anilines is 1. The molecule has 0 saturated carbocycles.